The number of phenols is 1. The normalized spacial score (nSPS) is 16.9. The van der Waals surface area contributed by atoms with Crippen molar-refractivity contribution in [3.05, 3.63) is 114 Å². The fraction of sp³-hybridized carbons (Fsp3) is 0.342. The summed E-state index contributed by atoms with van der Waals surface area (Å²) in [5.74, 6) is -0.873. The summed E-state index contributed by atoms with van der Waals surface area (Å²) in [7, 11) is 1.99. The van der Waals surface area contributed by atoms with Crippen molar-refractivity contribution in [2.75, 3.05) is 25.5 Å². The van der Waals surface area contributed by atoms with E-state index in [1.807, 2.05) is 36.0 Å². The maximum absolute atomic E-state index is 13.3. The Morgan fingerprint density at radius 2 is 1.75 bits per heavy atom. The molecule has 0 unspecified atom stereocenters. The molecule has 0 spiro atoms. The van der Waals surface area contributed by atoms with Gasteiger partial charge >= 0.3 is 5.97 Å². The maximum Gasteiger partial charge on any atom is 0.349 e. The number of anilines is 1. The van der Waals surface area contributed by atoms with Crippen molar-refractivity contribution >= 4 is 62.7 Å². The molecule has 0 aliphatic heterocycles. The van der Waals surface area contributed by atoms with Crippen LogP contribution in [0.2, 0.25) is 5.02 Å². The molecule has 1 amide bonds. The van der Waals surface area contributed by atoms with Gasteiger partial charge in [0, 0.05) is 43.5 Å². The van der Waals surface area contributed by atoms with E-state index < -0.39 is 17.7 Å². The molecule has 6 rings (SSSR count). The number of phenolic OH excluding ortho intramolecular Hbond substituents is 1. The van der Waals surface area contributed by atoms with Crippen LogP contribution in [-0.2, 0) is 26.5 Å². The van der Waals surface area contributed by atoms with Crippen LogP contribution in [0.3, 0.4) is 0 Å². The number of carbonyl (C=O) groups is 2. The van der Waals surface area contributed by atoms with Crippen LogP contribution >= 0.6 is 34.3 Å². The lowest BCUT2D eigenvalue weighted by Gasteiger charge is -2.35. The topological polar surface area (TPSA) is 164 Å². The third-order valence-electron chi connectivity index (χ3n) is 9.52. The minimum Gasteiger partial charge on any atom is -0.506 e. The zero-order chi connectivity index (χ0) is 36.8. The van der Waals surface area contributed by atoms with Gasteiger partial charge in [0.2, 0.25) is 17.1 Å². The summed E-state index contributed by atoms with van der Waals surface area (Å²) in [6.45, 7) is 1.17. The number of aliphatic hydroxyl groups is 2. The molecule has 0 radical (unpaired) electrons. The van der Waals surface area contributed by atoms with Crippen molar-refractivity contribution in [3.63, 3.8) is 0 Å². The molecule has 3 aromatic heterocycles. The fourth-order valence-corrected chi connectivity index (χ4v) is 8.55. The molecule has 1 aliphatic carbocycles. The number of esters is 1. The van der Waals surface area contributed by atoms with Crippen LogP contribution in [0.25, 0.3) is 10.9 Å². The summed E-state index contributed by atoms with van der Waals surface area (Å²) in [5.41, 5.74) is 0.0557. The molecule has 274 valence electrons. The van der Waals surface area contributed by atoms with E-state index in [1.54, 1.807) is 36.4 Å². The number of rotatable bonds is 14. The van der Waals surface area contributed by atoms with Crippen molar-refractivity contribution in [1.82, 2.24) is 15.2 Å². The average molecular weight is 765 g/mol. The summed E-state index contributed by atoms with van der Waals surface area (Å²) in [6.07, 6.45) is 2.04. The number of aromatic nitrogens is 1. The molecule has 0 saturated heterocycles. The lowest BCUT2D eigenvalue weighted by molar-refractivity contribution is -0.169. The van der Waals surface area contributed by atoms with E-state index in [1.165, 1.54) is 34.8 Å². The Kier molecular flexibility index (Phi) is 12.1. The highest BCUT2D eigenvalue weighted by Gasteiger charge is 2.45. The fourth-order valence-electron chi connectivity index (χ4n) is 6.59. The number of nitrogens with one attached hydrogen (secondary N) is 3. The monoisotopic (exact) mass is 764 g/mol. The number of amides is 1. The van der Waals surface area contributed by atoms with Crippen LogP contribution in [0.4, 0.5) is 5.69 Å². The van der Waals surface area contributed by atoms with Gasteiger partial charge in [0.1, 0.15) is 11.9 Å². The number of aromatic amines is 1. The Hall–Kier alpha value is -4.08. The Bertz CT molecular complexity index is 2010. The SMILES string of the molecule is CN(CCC(=O)Nc1ccc(CNC[C@H](O)c2ccc(O)c3[nH]c(=O)ccc23)cc1Cl)C1CCC(OC(=O)C(O)(c2cccs2)c2cccs2)CC1. The number of carbonyl (C=O) groups excluding carboxylic acids is 2. The molecule has 3 heterocycles. The summed E-state index contributed by atoms with van der Waals surface area (Å²) < 4.78 is 5.88. The minimum atomic E-state index is -1.82. The van der Waals surface area contributed by atoms with Crippen molar-refractivity contribution in [3.8, 4) is 5.75 Å². The van der Waals surface area contributed by atoms with Crippen molar-refractivity contribution < 1.29 is 29.6 Å². The number of hydrogen-bond acceptors (Lipinski definition) is 11. The van der Waals surface area contributed by atoms with Gasteiger partial charge in [-0.25, -0.2) is 4.79 Å². The molecular formula is C38H41ClN4O7S2. The van der Waals surface area contributed by atoms with Gasteiger partial charge in [-0.05, 0) is 91.0 Å². The molecule has 5 aromatic rings. The van der Waals surface area contributed by atoms with Crippen LogP contribution in [0.15, 0.2) is 82.3 Å². The van der Waals surface area contributed by atoms with Crippen molar-refractivity contribution in [1.29, 1.82) is 0 Å². The number of pyridine rings is 1. The van der Waals surface area contributed by atoms with Gasteiger partial charge < -0.3 is 40.6 Å². The standard InChI is InChI=1S/C38H41ClN4O7S2/c1-43(24-7-9-25(10-8-24)50-37(48)38(49,32-4-2-18-51-32)33-5-3-19-52-33)17-16-35(47)41-29-13-6-23(20-28(29)39)21-40-22-31(45)26-11-14-30(44)36-27(26)12-15-34(46)42-36/h2-6,11-15,18-20,24-25,31,40,44-45,49H,7-10,16-17,21-22H2,1H3,(H,41,47)(H,42,46)/t24?,25?,31-/m0/s1. The molecule has 52 heavy (non-hydrogen) atoms. The van der Waals surface area contributed by atoms with Crippen LogP contribution in [0.5, 0.6) is 5.75 Å². The molecule has 0 bridgehead atoms. The summed E-state index contributed by atoms with van der Waals surface area (Å²) in [4.78, 5) is 43.7. The summed E-state index contributed by atoms with van der Waals surface area (Å²) in [6, 6.07) is 18.7. The Morgan fingerprint density at radius 3 is 2.40 bits per heavy atom. The first-order valence-electron chi connectivity index (χ1n) is 17.1. The predicted octanol–water partition coefficient (Wildman–Crippen LogP) is 5.88. The van der Waals surface area contributed by atoms with Crippen LogP contribution in [0, 0.1) is 0 Å². The van der Waals surface area contributed by atoms with E-state index in [9.17, 15) is 29.7 Å². The highest BCUT2D eigenvalue weighted by atomic mass is 35.5. The van der Waals surface area contributed by atoms with Gasteiger partial charge in [-0.3, -0.25) is 9.59 Å². The number of halogens is 1. The Balaban J connectivity index is 0.928. The predicted molar refractivity (Wildman–Crippen MR) is 204 cm³/mol. The van der Waals surface area contributed by atoms with Gasteiger partial charge in [-0.2, -0.15) is 0 Å². The second-order valence-corrected chi connectivity index (χ2v) is 15.3. The zero-order valence-corrected chi connectivity index (χ0v) is 30.9. The van der Waals surface area contributed by atoms with Crippen LogP contribution in [-0.4, -0.2) is 69.4 Å². The quantitative estimate of drug-likeness (QED) is 0.0758. The minimum absolute atomic E-state index is 0.0688. The highest BCUT2D eigenvalue weighted by Crippen LogP contribution is 2.38. The molecule has 11 nitrogen and oxygen atoms in total. The highest BCUT2D eigenvalue weighted by molar-refractivity contribution is 7.12. The maximum atomic E-state index is 13.3. The number of thiophene rings is 2. The second-order valence-electron chi connectivity index (χ2n) is 13.0. The van der Waals surface area contributed by atoms with E-state index in [2.05, 4.69) is 20.5 Å². The molecule has 14 heteroatoms. The molecule has 2 aromatic carbocycles. The lowest BCUT2D eigenvalue weighted by Crippen LogP contribution is -2.42. The number of aromatic hydroxyl groups is 1. The van der Waals surface area contributed by atoms with Crippen LogP contribution in [0.1, 0.15) is 59.1 Å². The average Bonchev–Trinajstić information content (AvgIpc) is 3.89. The Labute approximate surface area is 313 Å². The number of ether oxygens (including phenoxy) is 1. The molecule has 1 saturated carbocycles. The number of nitrogens with zero attached hydrogens (tertiary/aromatic N) is 1. The number of hydrogen-bond donors (Lipinski definition) is 6. The number of aliphatic hydroxyl groups excluding tert-OH is 1. The molecular weight excluding hydrogens is 724 g/mol. The van der Waals surface area contributed by atoms with Crippen LogP contribution < -0.4 is 16.2 Å². The third-order valence-corrected chi connectivity index (χ3v) is 11.8. The number of benzene rings is 2. The van der Waals surface area contributed by atoms with E-state index in [0.29, 0.717) is 57.3 Å². The van der Waals surface area contributed by atoms with Gasteiger partial charge in [-0.1, -0.05) is 35.9 Å². The summed E-state index contributed by atoms with van der Waals surface area (Å²) >= 11 is 9.16. The molecule has 1 aliphatic rings. The lowest BCUT2D eigenvalue weighted by atomic mass is 9.91. The van der Waals surface area contributed by atoms with Crippen molar-refractivity contribution in [2.24, 2.45) is 0 Å². The van der Waals surface area contributed by atoms with Gasteiger partial charge in [-0.15, -0.1) is 22.7 Å². The first kappa shape index (κ1) is 37.7. The largest absolute Gasteiger partial charge is 0.506 e. The number of fused-ring (bicyclic) bond motifs is 1. The third kappa shape index (κ3) is 8.58. The first-order valence-corrected chi connectivity index (χ1v) is 19.2. The van der Waals surface area contributed by atoms with E-state index >= 15 is 0 Å². The van der Waals surface area contributed by atoms with E-state index in [0.717, 1.165) is 18.4 Å². The smallest absolute Gasteiger partial charge is 0.349 e. The second kappa shape index (κ2) is 16.7. The molecule has 1 fully saturated rings. The summed E-state index contributed by atoms with van der Waals surface area (Å²) in [5, 5.41) is 43.2. The zero-order valence-electron chi connectivity index (χ0n) is 28.5. The van der Waals surface area contributed by atoms with Gasteiger partial charge in [0.25, 0.3) is 0 Å². The number of H-pyrrole nitrogens is 1. The molecule has 1 atom stereocenters. The van der Waals surface area contributed by atoms with Gasteiger partial charge in [0.05, 0.1) is 32.1 Å². The van der Waals surface area contributed by atoms with E-state index in [-0.39, 0.29) is 47.8 Å². The molecule has 6 N–H and O–H groups in total. The first-order chi connectivity index (χ1) is 25.0. The van der Waals surface area contributed by atoms with Gasteiger partial charge in [0.15, 0.2) is 0 Å². The Morgan fingerprint density at radius 1 is 1.04 bits per heavy atom. The van der Waals surface area contributed by atoms with E-state index in [4.69, 9.17) is 16.3 Å². The van der Waals surface area contributed by atoms with Crippen molar-refractivity contribution in [2.45, 2.75) is 62.5 Å².